The zero-order valence-electron chi connectivity index (χ0n) is 10.8. The van der Waals surface area contributed by atoms with Crippen molar-refractivity contribution in [1.29, 1.82) is 0 Å². The Bertz CT molecular complexity index is 409. The fraction of sp³-hybridized carbons (Fsp3) is 0.571. The van der Waals surface area contributed by atoms with Crippen LogP contribution in [-0.2, 0) is 0 Å². The van der Waals surface area contributed by atoms with Gasteiger partial charge in [-0.15, -0.1) is 0 Å². The number of benzene rings is 1. The van der Waals surface area contributed by atoms with Crippen molar-refractivity contribution in [3.63, 3.8) is 0 Å². The summed E-state index contributed by atoms with van der Waals surface area (Å²) in [5, 5.41) is 0.763. The molecule has 0 amide bonds. The van der Waals surface area contributed by atoms with E-state index < -0.39 is 0 Å². The van der Waals surface area contributed by atoms with Gasteiger partial charge in [-0.3, -0.25) is 0 Å². The molecule has 1 unspecified atom stereocenters. The average molecular weight is 253 g/mol. The highest BCUT2D eigenvalue weighted by molar-refractivity contribution is 6.33. The number of nitrogen functional groups attached to an aromatic ring is 1. The second kappa shape index (κ2) is 4.41. The minimum atomic E-state index is 0.370. The van der Waals surface area contributed by atoms with Gasteiger partial charge in [-0.1, -0.05) is 32.4 Å². The molecule has 1 atom stereocenters. The van der Waals surface area contributed by atoms with Crippen LogP contribution in [0.2, 0.25) is 5.02 Å². The second-order valence-corrected chi connectivity index (χ2v) is 6.42. The van der Waals surface area contributed by atoms with Crippen molar-refractivity contribution in [3.8, 4) is 0 Å². The number of nitrogens with zero attached hydrogens (tertiary/aromatic N) is 1. The third kappa shape index (κ3) is 2.68. The van der Waals surface area contributed by atoms with Crippen LogP contribution in [0, 0.1) is 11.3 Å². The molecule has 0 aliphatic carbocycles. The minimum absolute atomic E-state index is 0.370. The summed E-state index contributed by atoms with van der Waals surface area (Å²) in [6, 6.07) is 5.79. The average Bonchev–Trinajstić information content (AvgIpc) is 2.65. The molecule has 94 valence electrons. The third-order valence-corrected chi connectivity index (χ3v) is 4.03. The van der Waals surface area contributed by atoms with Crippen molar-refractivity contribution in [2.24, 2.45) is 11.3 Å². The lowest BCUT2D eigenvalue weighted by atomic mass is 9.80. The van der Waals surface area contributed by atoms with E-state index in [1.54, 1.807) is 0 Å². The minimum Gasteiger partial charge on any atom is -0.399 e. The molecule has 1 saturated heterocycles. The van der Waals surface area contributed by atoms with E-state index in [0.29, 0.717) is 5.41 Å². The topological polar surface area (TPSA) is 29.3 Å². The molecule has 1 fully saturated rings. The summed E-state index contributed by atoms with van der Waals surface area (Å²) < 4.78 is 0. The van der Waals surface area contributed by atoms with Crippen LogP contribution in [0.5, 0.6) is 0 Å². The molecule has 1 heterocycles. The molecular weight excluding hydrogens is 232 g/mol. The molecule has 17 heavy (non-hydrogen) atoms. The van der Waals surface area contributed by atoms with Gasteiger partial charge in [-0.05, 0) is 36.0 Å². The molecule has 3 heteroatoms. The van der Waals surface area contributed by atoms with Gasteiger partial charge in [0, 0.05) is 18.8 Å². The van der Waals surface area contributed by atoms with Crippen LogP contribution in [-0.4, -0.2) is 13.1 Å². The molecule has 0 bridgehead atoms. The van der Waals surface area contributed by atoms with E-state index >= 15 is 0 Å². The van der Waals surface area contributed by atoms with Gasteiger partial charge in [0.15, 0.2) is 0 Å². The Morgan fingerprint density at radius 2 is 2.06 bits per heavy atom. The fourth-order valence-electron chi connectivity index (χ4n) is 2.47. The summed E-state index contributed by atoms with van der Waals surface area (Å²) in [5.74, 6) is 0.733. The second-order valence-electron chi connectivity index (χ2n) is 6.01. The van der Waals surface area contributed by atoms with E-state index in [0.717, 1.165) is 35.4 Å². The standard InChI is InChI=1S/C14H21ClN2/c1-14(2,3)10-6-7-17(9-10)13-5-4-11(16)8-12(13)15/h4-5,8,10H,6-7,9,16H2,1-3H3. The molecule has 0 aromatic heterocycles. The zero-order valence-corrected chi connectivity index (χ0v) is 11.6. The number of hydrogen-bond acceptors (Lipinski definition) is 2. The maximum atomic E-state index is 6.25. The van der Waals surface area contributed by atoms with Crippen molar-refractivity contribution in [2.45, 2.75) is 27.2 Å². The Hall–Kier alpha value is -0.890. The number of hydrogen-bond donors (Lipinski definition) is 1. The summed E-state index contributed by atoms with van der Waals surface area (Å²) in [5.41, 5.74) is 7.94. The number of rotatable bonds is 1. The monoisotopic (exact) mass is 252 g/mol. The molecule has 1 aliphatic rings. The van der Waals surface area contributed by atoms with Crippen molar-refractivity contribution in [1.82, 2.24) is 0 Å². The predicted octanol–water partition coefficient (Wildman–Crippen LogP) is 3.79. The van der Waals surface area contributed by atoms with Crippen LogP contribution in [0.15, 0.2) is 18.2 Å². The van der Waals surface area contributed by atoms with E-state index in [1.807, 2.05) is 18.2 Å². The van der Waals surface area contributed by atoms with Gasteiger partial charge in [0.1, 0.15) is 0 Å². The summed E-state index contributed by atoms with van der Waals surface area (Å²) in [6.45, 7) is 9.11. The van der Waals surface area contributed by atoms with Gasteiger partial charge in [-0.2, -0.15) is 0 Å². The van der Waals surface area contributed by atoms with Gasteiger partial charge >= 0.3 is 0 Å². The van der Waals surface area contributed by atoms with Gasteiger partial charge in [-0.25, -0.2) is 0 Å². The largest absolute Gasteiger partial charge is 0.399 e. The zero-order chi connectivity index (χ0) is 12.6. The summed E-state index contributed by atoms with van der Waals surface area (Å²) in [6.07, 6.45) is 1.24. The van der Waals surface area contributed by atoms with Crippen LogP contribution in [0.3, 0.4) is 0 Å². The Labute approximate surface area is 109 Å². The van der Waals surface area contributed by atoms with E-state index in [4.69, 9.17) is 17.3 Å². The normalized spacial score (nSPS) is 20.9. The molecule has 2 nitrogen and oxygen atoms in total. The van der Waals surface area contributed by atoms with Gasteiger partial charge < -0.3 is 10.6 Å². The van der Waals surface area contributed by atoms with Crippen LogP contribution >= 0.6 is 11.6 Å². The summed E-state index contributed by atoms with van der Waals surface area (Å²) >= 11 is 6.25. The van der Waals surface area contributed by atoms with Crippen LogP contribution in [0.1, 0.15) is 27.2 Å². The van der Waals surface area contributed by atoms with Crippen molar-refractivity contribution in [2.75, 3.05) is 23.7 Å². The lowest BCUT2D eigenvalue weighted by Crippen LogP contribution is -2.25. The molecule has 0 radical (unpaired) electrons. The molecule has 2 rings (SSSR count). The molecule has 1 aromatic rings. The predicted molar refractivity (Wildman–Crippen MR) is 75.6 cm³/mol. The Balaban J connectivity index is 2.15. The summed E-state index contributed by atoms with van der Waals surface area (Å²) in [4.78, 5) is 2.37. The van der Waals surface area contributed by atoms with E-state index in [9.17, 15) is 0 Å². The first-order valence-electron chi connectivity index (χ1n) is 6.18. The molecule has 1 aromatic carbocycles. The van der Waals surface area contributed by atoms with Crippen LogP contribution in [0.25, 0.3) is 0 Å². The number of anilines is 2. The lowest BCUT2D eigenvalue weighted by molar-refractivity contribution is 0.263. The highest BCUT2D eigenvalue weighted by atomic mass is 35.5. The number of halogens is 1. The highest BCUT2D eigenvalue weighted by Gasteiger charge is 2.32. The number of nitrogens with two attached hydrogens (primary N) is 1. The SMILES string of the molecule is CC(C)(C)C1CCN(c2ccc(N)cc2Cl)C1. The van der Waals surface area contributed by atoms with Gasteiger partial charge in [0.25, 0.3) is 0 Å². The first-order chi connectivity index (χ1) is 7.88. The van der Waals surface area contributed by atoms with Crippen molar-refractivity contribution >= 4 is 23.0 Å². The van der Waals surface area contributed by atoms with Crippen LogP contribution in [0.4, 0.5) is 11.4 Å². The smallest absolute Gasteiger partial charge is 0.0660 e. The van der Waals surface area contributed by atoms with Gasteiger partial charge in [0.05, 0.1) is 10.7 Å². The van der Waals surface area contributed by atoms with E-state index in [1.165, 1.54) is 6.42 Å². The maximum Gasteiger partial charge on any atom is 0.0660 e. The van der Waals surface area contributed by atoms with E-state index in [2.05, 4.69) is 25.7 Å². The van der Waals surface area contributed by atoms with Gasteiger partial charge in [0.2, 0.25) is 0 Å². The highest BCUT2D eigenvalue weighted by Crippen LogP contribution is 2.38. The summed E-state index contributed by atoms with van der Waals surface area (Å²) in [7, 11) is 0. The Morgan fingerprint density at radius 3 is 2.59 bits per heavy atom. The molecule has 0 spiro atoms. The maximum absolute atomic E-state index is 6.25. The molecular formula is C14H21ClN2. The molecule has 2 N–H and O–H groups in total. The lowest BCUT2D eigenvalue weighted by Gasteiger charge is -2.27. The van der Waals surface area contributed by atoms with Crippen molar-refractivity contribution in [3.05, 3.63) is 23.2 Å². The Morgan fingerprint density at radius 1 is 1.35 bits per heavy atom. The fourth-order valence-corrected chi connectivity index (χ4v) is 2.77. The molecule has 0 saturated carbocycles. The Kier molecular flexibility index (Phi) is 3.26. The van der Waals surface area contributed by atoms with E-state index in [-0.39, 0.29) is 0 Å². The first kappa shape index (κ1) is 12.6. The molecule has 1 aliphatic heterocycles. The van der Waals surface area contributed by atoms with Crippen molar-refractivity contribution < 1.29 is 0 Å². The van der Waals surface area contributed by atoms with Crippen LogP contribution < -0.4 is 10.6 Å². The third-order valence-electron chi connectivity index (χ3n) is 3.73. The first-order valence-corrected chi connectivity index (χ1v) is 6.55. The quantitative estimate of drug-likeness (QED) is 0.771.